The summed E-state index contributed by atoms with van der Waals surface area (Å²) in [6.45, 7) is 8.51. The van der Waals surface area contributed by atoms with Crippen LogP contribution in [0.15, 0.2) is 57.7 Å². The fraction of sp³-hybridized carbons (Fsp3) is 0.250. The lowest BCUT2D eigenvalue weighted by atomic mass is 9.87. The molecule has 0 fully saturated rings. The van der Waals surface area contributed by atoms with Crippen molar-refractivity contribution in [1.82, 2.24) is 0 Å². The molecule has 2 aromatic carbocycles. The molecule has 0 saturated carbocycles. The van der Waals surface area contributed by atoms with Gasteiger partial charge >= 0.3 is 5.63 Å². The lowest BCUT2D eigenvalue weighted by molar-refractivity contribution is 0.560. The van der Waals surface area contributed by atoms with Crippen LogP contribution in [-0.2, 0) is 5.41 Å². The molecule has 0 amide bonds. The average molecular weight is 307 g/mol. The first-order valence-electron chi connectivity index (χ1n) is 7.75. The van der Waals surface area contributed by atoms with Crippen LogP contribution in [0, 0.1) is 6.92 Å². The van der Waals surface area contributed by atoms with Gasteiger partial charge in [-0.1, -0.05) is 32.9 Å². The molecular formula is C20H21NO2. The van der Waals surface area contributed by atoms with Crippen molar-refractivity contribution < 1.29 is 4.42 Å². The fourth-order valence-corrected chi connectivity index (χ4v) is 2.62. The van der Waals surface area contributed by atoms with Crippen LogP contribution >= 0.6 is 0 Å². The van der Waals surface area contributed by atoms with Crippen molar-refractivity contribution in [2.24, 2.45) is 0 Å². The Morgan fingerprint density at radius 2 is 1.57 bits per heavy atom. The third kappa shape index (κ3) is 3.29. The van der Waals surface area contributed by atoms with E-state index >= 15 is 0 Å². The van der Waals surface area contributed by atoms with Crippen LogP contribution in [0.25, 0.3) is 11.0 Å². The van der Waals surface area contributed by atoms with Crippen molar-refractivity contribution >= 4 is 22.3 Å². The van der Waals surface area contributed by atoms with E-state index in [4.69, 9.17) is 4.42 Å². The number of rotatable bonds is 2. The Hall–Kier alpha value is -2.55. The largest absolute Gasteiger partial charge is 0.423 e. The molecule has 1 aromatic heterocycles. The molecule has 3 aromatic rings. The van der Waals surface area contributed by atoms with Crippen LogP contribution in [0.2, 0.25) is 0 Å². The zero-order valence-corrected chi connectivity index (χ0v) is 13.9. The van der Waals surface area contributed by atoms with Gasteiger partial charge in [0.05, 0.1) is 0 Å². The Bertz CT molecular complexity index is 900. The summed E-state index contributed by atoms with van der Waals surface area (Å²) in [5.41, 5.74) is 4.55. The number of nitrogens with one attached hydrogen (secondary N) is 1. The predicted molar refractivity (Wildman–Crippen MR) is 95.6 cm³/mol. The molecule has 3 nitrogen and oxygen atoms in total. The number of benzene rings is 2. The Morgan fingerprint density at radius 3 is 2.22 bits per heavy atom. The van der Waals surface area contributed by atoms with E-state index in [0.717, 1.165) is 22.3 Å². The SMILES string of the molecule is Cc1cc(=O)oc2cc(Nc3ccc(C(C)(C)C)cc3)ccc12. The maximum absolute atomic E-state index is 11.5. The molecule has 0 atom stereocenters. The molecule has 23 heavy (non-hydrogen) atoms. The summed E-state index contributed by atoms with van der Waals surface area (Å²) >= 11 is 0. The van der Waals surface area contributed by atoms with Gasteiger partial charge < -0.3 is 9.73 Å². The van der Waals surface area contributed by atoms with Crippen LogP contribution in [0.3, 0.4) is 0 Å². The molecule has 0 aliphatic rings. The lowest BCUT2D eigenvalue weighted by Crippen LogP contribution is -2.10. The molecule has 3 rings (SSSR count). The second-order valence-electron chi connectivity index (χ2n) is 6.91. The van der Waals surface area contributed by atoms with E-state index in [9.17, 15) is 4.79 Å². The minimum absolute atomic E-state index is 0.141. The van der Waals surface area contributed by atoms with Crippen LogP contribution in [-0.4, -0.2) is 0 Å². The summed E-state index contributed by atoms with van der Waals surface area (Å²) in [7, 11) is 0. The van der Waals surface area contributed by atoms with Crippen LogP contribution in [0.1, 0.15) is 31.9 Å². The van der Waals surface area contributed by atoms with Gasteiger partial charge in [-0.3, -0.25) is 0 Å². The van der Waals surface area contributed by atoms with Crippen molar-refractivity contribution in [3.63, 3.8) is 0 Å². The number of fused-ring (bicyclic) bond motifs is 1. The normalized spacial score (nSPS) is 11.7. The Labute approximate surface area is 136 Å². The molecule has 1 N–H and O–H groups in total. The van der Waals surface area contributed by atoms with Crippen molar-refractivity contribution in [3.05, 3.63) is 70.1 Å². The van der Waals surface area contributed by atoms with Gasteiger partial charge in [-0.2, -0.15) is 0 Å². The zero-order valence-electron chi connectivity index (χ0n) is 13.9. The Balaban J connectivity index is 1.91. The molecular weight excluding hydrogens is 286 g/mol. The summed E-state index contributed by atoms with van der Waals surface area (Å²) in [6.07, 6.45) is 0. The molecule has 0 spiro atoms. The van der Waals surface area contributed by atoms with Gasteiger partial charge in [0.15, 0.2) is 0 Å². The molecule has 0 aliphatic heterocycles. The number of anilines is 2. The van der Waals surface area contributed by atoms with E-state index in [-0.39, 0.29) is 11.0 Å². The monoisotopic (exact) mass is 307 g/mol. The highest BCUT2D eigenvalue weighted by molar-refractivity contribution is 5.84. The third-order valence-corrected chi connectivity index (χ3v) is 3.99. The summed E-state index contributed by atoms with van der Waals surface area (Å²) in [5, 5.41) is 4.31. The second kappa shape index (κ2) is 5.58. The molecule has 3 heteroatoms. The topological polar surface area (TPSA) is 42.2 Å². The lowest BCUT2D eigenvalue weighted by Gasteiger charge is -2.19. The first-order valence-corrected chi connectivity index (χ1v) is 7.75. The zero-order chi connectivity index (χ0) is 16.6. The Morgan fingerprint density at radius 1 is 0.913 bits per heavy atom. The maximum Gasteiger partial charge on any atom is 0.336 e. The average Bonchev–Trinajstić information content (AvgIpc) is 2.46. The quantitative estimate of drug-likeness (QED) is 0.666. The van der Waals surface area contributed by atoms with Crippen molar-refractivity contribution in [2.75, 3.05) is 5.32 Å². The molecule has 0 saturated heterocycles. The van der Waals surface area contributed by atoms with Gasteiger partial charge in [0.1, 0.15) is 5.58 Å². The molecule has 118 valence electrons. The second-order valence-corrected chi connectivity index (χ2v) is 6.91. The summed E-state index contributed by atoms with van der Waals surface area (Å²) in [5.74, 6) is 0. The first-order chi connectivity index (χ1) is 10.8. The van der Waals surface area contributed by atoms with Crippen LogP contribution < -0.4 is 10.9 Å². The van der Waals surface area contributed by atoms with Gasteiger partial charge in [0.25, 0.3) is 0 Å². The van der Waals surface area contributed by atoms with E-state index in [1.807, 2.05) is 25.1 Å². The summed E-state index contributed by atoms with van der Waals surface area (Å²) in [6, 6.07) is 15.7. The first kappa shape index (κ1) is 15.3. The maximum atomic E-state index is 11.5. The van der Waals surface area contributed by atoms with E-state index in [1.54, 1.807) is 0 Å². The molecule has 1 heterocycles. The van der Waals surface area contributed by atoms with E-state index in [1.165, 1.54) is 11.6 Å². The highest BCUT2D eigenvalue weighted by Gasteiger charge is 2.12. The minimum Gasteiger partial charge on any atom is -0.423 e. The number of aryl methyl sites for hydroxylation is 1. The summed E-state index contributed by atoms with van der Waals surface area (Å²) in [4.78, 5) is 11.5. The molecule has 0 bridgehead atoms. The van der Waals surface area contributed by atoms with Crippen molar-refractivity contribution in [3.8, 4) is 0 Å². The smallest absolute Gasteiger partial charge is 0.336 e. The van der Waals surface area contributed by atoms with E-state index in [2.05, 4.69) is 50.4 Å². The highest BCUT2D eigenvalue weighted by atomic mass is 16.4. The molecule has 0 aliphatic carbocycles. The summed E-state index contributed by atoms with van der Waals surface area (Å²) < 4.78 is 5.29. The molecule has 0 unspecified atom stereocenters. The van der Waals surface area contributed by atoms with Gasteiger partial charge in [-0.25, -0.2) is 4.79 Å². The van der Waals surface area contributed by atoms with Gasteiger partial charge in [-0.15, -0.1) is 0 Å². The number of hydrogen-bond acceptors (Lipinski definition) is 3. The molecule has 0 radical (unpaired) electrons. The predicted octanol–water partition coefficient (Wildman–Crippen LogP) is 5.14. The van der Waals surface area contributed by atoms with Gasteiger partial charge in [0, 0.05) is 28.9 Å². The highest BCUT2D eigenvalue weighted by Crippen LogP contribution is 2.26. The van der Waals surface area contributed by atoms with Gasteiger partial charge in [-0.05, 0) is 47.7 Å². The minimum atomic E-state index is -0.318. The fourth-order valence-electron chi connectivity index (χ4n) is 2.62. The van der Waals surface area contributed by atoms with E-state index < -0.39 is 0 Å². The van der Waals surface area contributed by atoms with Crippen molar-refractivity contribution in [1.29, 1.82) is 0 Å². The van der Waals surface area contributed by atoms with E-state index in [0.29, 0.717) is 5.58 Å². The van der Waals surface area contributed by atoms with Crippen molar-refractivity contribution in [2.45, 2.75) is 33.1 Å². The third-order valence-electron chi connectivity index (χ3n) is 3.99. The standard InChI is InChI=1S/C20H21NO2/c1-13-11-19(22)23-18-12-16(9-10-17(13)18)21-15-7-5-14(6-8-15)20(2,3)4/h5-12,21H,1-4H3. The Kier molecular flexibility index (Phi) is 3.72. The number of hydrogen-bond donors (Lipinski definition) is 1. The van der Waals surface area contributed by atoms with Gasteiger partial charge in [0.2, 0.25) is 0 Å². The van der Waals surface area contributed by atoms with Crippen LogP contribution in [0.5, 0.6) is 0 Å². The van der Waals surface area contributed by atoms with Crippen LogP contribution in [0.4, 0.5) is 11.4 Å².